The molecule has 4 amide bonds. The van der Waals surface area contributed by atoms with Crippen LogP contribution in [0, 0.1) is 21.7 Å². The number of fused-ring (bicyclic) bond motifs is 8. The number of methoxy groups -OCH3 is 2. The largest absolute Gasteiger partial charge is 0.392 e. The average molecular weight is 1830 g/mol. The highest BCUT2D eigenvalue weighted by atomic mass is 16.5. The number of carbonyl (C=O) groups is 4. The maximum atomic E-state index is 13.3. The van der Waals surface area contributed by atoms with Gasteiger partial charge in [-0.05, 0) is 270 Å². The molecule has 12 aromatic rings. The first-order chi connectivity index (χ1) is 63.9. The number of ether oxygens (including phenoxy) is 2. The highest BCUT2D eigenvalue weighted by Crippen LogP contribution is 2.45. The van der Waals surface area contributed by atoms with Crippen LogP contribution in [0.1, 0.15) is 205 Å². The van der Waals surface area contributed by atoms with Gasteiger partial charge >= 0.3 is 0 Å². The fourth-order valence-electron chi connectivity index (χ4n) is 22.0. The number of piperidine rings is 4. The maximum absolute atomic E-state index is 13.3. The van der Waals surface area contributed by atoms with Gasteiger partial charge in [0, 0.05) is 187 Å². The number of anilines is 4. The topological polar surface area (TPSA) is 331 Å². The second kappa shape index (κ2) is 38.9. The number of aromatic amines is 8. The van der Waals surface area contributed by atoms with Crippen LogP contribution in [0.5, 0.6) is 0 Å². The van der Waals surface area contributed by atoms with Crippen molar-refractivity contribution in [2.24, 2.45) is 21.7 Å². The van der Waals surface area contributed by atoms with Gasteiger partial charge in [0.2, 0.25) is 23.6 Å². The van der Waals surface area contributed by atoms with Crippen molar-refractivity contribution in [3.05, 3.63) is 142 Å². The lowest BCUT2D eigenvalue weighted by atomic mass is 9.76. The molecule has 28 heteroatoms. The van der Waals surface area contributed by atoms with Gasteiger partial charge in [0.05, 0.1) is 71.4 Å². The number of nitrogens with zero attached hydrogens (tertiary/aromatic N) is 12. The minimum absolute atomic E-state index is 0.0409. The van der Waals surface area contributed by atoms with Gasteiger partial charge in [0.15, 0.2) is 0 Å². The van der Waals surface area contributed by atoms with E-state index in [4.69, 9.17) is 9.47 Å². The Labute approximate surface area is 788 Å². The van der Waals surface area contributed by atoms with E-state index < -0.39 is 0 Å². The minimum Gasteiger partial charge on any atom is -0.392 e. The molecule has 716 valence electrons. The van der Waals surface area contributed by atoms with E-state index in [1.54, 1.807) is 33.8 Å². The van der Waals surface area contributed by atoms with Gasteiger partial charge in [-0.3, -0.25) is 59.2 Å². The molecule has 0 bridgehead atoms. The number of hydrogen-bond donors (Lipinski definition) is 10. The molecule has 4 saturated heterocycles. The van der Waals surface area contributed by atoms with E-state index in [2.05, 4.69) is 196 Å². The normalized spacial score (nSPS) is 21.1. The predicted molar refractivity (Wildman–Crippen MR) is 535 cm³/mol. The van der Waals surface area contributed by atoms with Crippen LogP contribution in [-0.2, 0) is 80.0 Å². The number of β-amino-alcohol motifs (C(OH)–C–C–N with tert-alkyl or cyclic N) is 2. The summed E-state index contributed by atoms with van der Waals surface area (Å²) in [7, 11) is 10.9. The van der Waals surface area contributed by atoms with E-state index in [1.807, 2.05) is 92.3 Å². The van der Waals surface area contributed by atoms with E-state index in [9.17, 15) is 29.4 Å². The number of rotatable bonds is 18. The molecule has 0 saturated carbocycles. The molecule has 134 heavy (non-hydrogen) atoms. The first kappa shape index (κ1) is 95.2. The third kappa shape index (κ3) is 20.5. The number of aromatic nitrogens is 12. The van der Waals surface area contributed by atoms with Gasteiger partial charge in [-0.2, -0.15) is 20.4 Å². The average Bonchev–Trinajstić information content (AvgIpc) is 1.63. The van der Waals surface area contributed by atoms with Gasteiger partial charge < -0.3 is 59.2 Å². The number of aliphatic hydroxyl groups excluding tert-OH is 2. The summed E-state index contributed by atoms with van der Waals surface area (Å²) >= 11 is 0. The van der Waals surface area contributed by atoms with Crippen molar-refractivity contribution < 1.29 is 38.9 Å². The lowest BCUT2D eigenvalue weighted by Crippen LogP contribution is -2.51. The molecule has 20 rings (SSSR count). The zero-order chi connectivity index (χ0) is 94.7. The Morgan fingerprint density at radius 2 is 0.619 bits per heavy atom. The third-order valence-electron chi connectivity index (χ3n) is 31.0. The van der Waals surface area contributed by atoms with Crippen LogP contribution in [0.3, 0.4) is 0 Å². The number of H-pyrrole nitrogens is 8. The van der Waals surface area contributed by atoms with Crippen LogP contribution in [-0.4, -0.2) is 258 Å². The summed E-state index contributed by atoms with van der Waals surface area (Å²) in [5.74, 6) is 0.302. The number of amides is 4. The zero-order valence-electron chi connectivity index (χ0n) is 82.4. The Balaban J connectivity index is 0.000000124. The standard InChI is InChI=1S/2C27H37N5O2.2C26H35N5O2/c1-17(32-12-9-20(34-5)10-13-32)26(33)31(4)19-7-6-18-14-23(28-22(18)15-19)25-21-8-11-27(2,3)16-24(21)29-30-25;1-17(32-12-6-7-20(16-32)34-5)26(33)31(4)19-9-8-18-13-23(28-22(18)14-19)25-21-10-11-27(2,3)15-24(21)29-30-25;2*1-16(31-11-5-6-19(32)15-31)25(33)30(4)18-8-7-17-12-22(27-21(17)13-18)24-20-9-10-26(2,3)14-23(20)28-29-24/h6-7,14-15,17,20,28H,8-13,16H2,1-5H3,(H,29,30);8-9,13-14,17,20,28H,6-7,10-12,15-16H2,1-5H3,(H,29,30);2*7-8,12-13,16,19,27,32H,5-6,9-11,14-15H2,1-4H3,(H,28,29)/t;17?,20-;2*16?,19-/m.010/s1. The molecule has 4 aliphatic heterocycles. The summed E-state index contributed by atoms with van der Waals surface area (Å²) in [5.41, 5.74) is 27.3. The highest BCUT2D eigenvalue weighted by molar-refractivity contribution is 6.02. The zero-order valence-corrected chi connectivity index (χ0v) is 82.4. The van der Waals surface area contributed by atoms with E-state index in [0.29, 0.717) is 40.9 Å². The van der Waals surface area contributed by atoms with Crippen molar-refractivity contribution in [2.45, 2.75) is 260 Å². The Hall–Kier alpha value is -10.6. The molecule has 8 aromatic heterocycles. The van der Waals surface area contributed by atoms with Gasteiger partial charge in [-0.1, -0.05) is 79.7 Å². The minimum atomic E-state index is -0.341. The number of aliphatic hydroxyl groups is 2. The van der Waals surface area contributed by atoms with Crippen molar-refractivity contribution in [1.82, 2.24) is 80.3 Å². The quantitative estimate of drug-likeness (QED) is 0.0382. The van der Waals surface area contributed by atoms with Crippen molar-refractivity contribution >= 4 is 90.0 Å². The van der Waals surface area contributed by atoms with Gasteiger partial charge in [0.1, 0.15) is 22.8 Å². The molecule has 4 fully saturated rings. The molecule has 7 atom stereocenters. The predicted octanol–water partition coefficient (Wildman–Crippen LogP) is 16.8. The number of likely N-dealkylation sites (tertiary alicyclic amines) is 4. The molecule has 4 unspecified atom stereocenters. The van der Waals surface area contributed by atoms with Crippen molar-refractivity contribution in [1.29, 1.82) is 0 Å². The number of hydrogen-bond acceptors (Lipinski definition) is 16. The highest BCUT2D eigenvalue weighted by Gasteiger charge is 2.39. The van der Waals surface area contributed by atoms with Crippen molar-refractivity contribution in [2.75, 3.05) is 114 Å². The van der Waals surface area contributed by atoms with Gasteiger partial charge in [-0.25, -0.2) is 0 Å². The molecule has 0 spiro atoms. The summed E-state index contributed by atoms with van der Waals surface area (Å²) in [5, 5.41) is 56.2. The number of nitrogens with one attached hydrogen (secondary N) is 8. The van der Waals surface area contributed by atoms with E-state index in [0.717, 1.165) is 267 Å². The maximum Gasteiger partial charge on any atom is 0.243 e. The number of carbonyl (C=O) groups excluding carboxylic acids is 4. The SMILES string of the molecule is CC(C(=O)N(C)c1ccc2cc(-c3n[nH]c4c3CCC(C)(C)C4)[nH]c2c1)N1CCC[C@@H](O)C1.CC(C(=O)N(C)c1ccc2cc(-c3n[nH]c4c3CCC(C)(C)C4)[nH]c2c1)N1CCC[C@H](O)C1.COC1CCN(C(C)C(=O)N(C)c2ccc3cc(-c4n[nH]c5c4CCC(C)(C)C5)[nH]c3c2)CC1.CO[C@H]1CCCN(C(C)C(=O)N(C)c2ccc3cc(-c4n[nH]c5c4CCC(C)(C)C5)[nH]c3c2)C1. The smallest absolute Gasteiger partial charge is 0.243 e. The van der Waals surface area contributed by atoms with Crippen molar-refractivity contribution in [3.63, 3.8) is 0 Å². The third-order valence-corrected chi connectivity index (χ3v) is 31.0. The van der Waals surface area contributed by atoms with E-state index in [1.165, 1.54) is 57.9 Å². The van der Waals surface area contributed by atoms with E-state index >= 15 is 0 Å². The fraction of sp³-hybridized carbons (Fsp3) is 0.547. The Kier molecular flexibility index (Phi) is 27.6. The van der Waals surface area contributed by atoms with Crippen LogP contribution in [0.2, 0.25) is 0 Å². The Morgan fingerprint density at radius 3 is 0.888 bits per heavy atom. The van der Waals surface area contributed by atoms with Crippen LogP contribution in [0.25, 0.3) is 89.2 Å². The molecule has 28 nitrogen and oxygen atoms in total. The van der Waals surface area contributed by atoms with Gasteiger partial charge in [-0.15, -0.1) is 0 Å². The molecular weight excluding hydrogens is 1680 g/mol. The fourth-order valence-corrected chi connectivity index (χ4v) is 22.0. The monoisotopic (exact) mass is 1830 g/mol. The Bertz CT molecular complexity index is 6030. The molecule has 8 aliphatic rings. The second-order valence-corrected chi connectivity index (χ2v) is 43.1. The summed E-state index contributed by atoms with van der Waals surface area (Å²) in [6.45, 7) is 32.8. The summed E-state index contributed by atoms with van der Waals surface area (Å²) in [6.07, 6.45) is 20.4. The molecular formula is C106H144N20O8. The molecule has 10 N–H and O–H groups in total. The first-order valence-electron chi connectivity index (χ1n) is 49.2. The molecule has 4 aliphatic carbocycles. The first-order valence-corrected chi connectivity index (χ1v) is 49.2. The van der Waals surface area contributed by atoms with Crippen LogP contribution in [0.15, 0.2) is 97.1 Å². The van der Waals surface area contributed by atoms with Crippen LogP contribution in [0.4, 0.5) is 22.7 Å². The second-order valence-electron chi connectivity index (χ2n) is 43.1. The van der Waals surface area contributed by atoms with Crippen molar-refractivity contribution in [3.8, 4) is 45.6 Å². The van der Waals surface area contributed by atoms with Crippen LogP contribution < -0.4 is 19.6 Å². The van der Waals surface area contributed by atoms with Gasteiger partial charge in [0.25, 0.3) is 0 Å². The Morgan fingerprint density at radius 1 is 0.358 bits per heavy atom. The molecule has 12 heterocycles. The van der Waals surface area contributed by atoms with E-state index in [-0.39, 0.29) is 66.1 Å². The summed E-state index contributed by atoms with van der Waals surface area (Å²) in [4.78, 5) is 82.8. The molecule has 4 aromatic carbocycles. The summed E-state index contributed by atoms with van der Waals surface area (Å²) < 4.78 is 11.0. The lowest BCUT2D eigenvalue weighted by molar-refractivity contribution is -0.125. The molecule has 0 radical (unpaired) electrons. The summed E-state index contributed by atoms with van der Waals surface area (Å²) in [6, 6.07) is 32.3. The number of benzene rings is 4. The van der Waals surface area contributed by atoms with Crippen LogP contribution >= 0.6 is 0 Å². The lowest BCUT2D eigenvalue weighted by Gasteiger charge is -2.36. The number of likely N-dealkylation sites (N-methyl/N-ethyl adjacent to an activating group) is 4.